The van der Waals surface area contributed by atoms with E-state index in [4.69, 9.17) is 5.73 Å². The minimum Gasteiger partial charge on any atom is -0.480 e. The number of aliphatic carboxylic acids is 1. The highest BCUT2D eigenvalue weighted by molar-refractivity contribution is 6.16. The average molecular weight is 308 g/mol. The summed E-state index contributed by atoms with van der Waals surface area (Å²) in [6.07, 6.45) is 1.62. The quantitative estimate of drug-likeness (QED) is 0.498. The average Bonchev–Trinajstić information content (AvgIpc) is 2.97. The van der Waals surface area contributed by atoms with Crippen LogP contribution in [0.25, 0.3) is 10.9 Å². The number of H-pyrrole nitrogens is 1. The summed E-state index contributed by atoms with van der Waals surface area (Å²) in [7, 11) is 0. The maximum absolute atomic E-state index is 12.7. The second-order valence-electron chi connectivity index (χ2n) is 5.51. The molecular formula is C18H16N2O3. The minimum absolute atomic E-state index is 0.0833. The second-order valence-corrected chi connectivity index (χ2v) is 5.51. The van der Waals surface area contributed by atoms with Crippen LogP contribution in [0.2, 0.25) is 0 Å². The van der Waals surface area contributed by atoms with Gasteiger partial charge in [0, 0.05) is 29.1 Å². The Hall–Kier alpha value is -2.92. The van der Waals surface area contributed by atoms with Crippen LogP contribution in [0.1, 0.15) is 15.9 Å². The fourth-order valence-electron chi connectivity index (χ4n) is 2.68. The van der Waals surface area contributed by atoms with Gasteiger partial charge in [-0.05, 0) is 11.6 Å². The van der Waals surface area contributed by atoms with Crippen molar-refractivity contribution in [3.63, 3.8) is 0 Å². The standard InChI is InChI=1S/C18H16N2O3/c19-18(17(22)23,16(21)12-6-2-1-3-7-12)10-13-11-20-15-9-5-4-8-14(13)15/h1-9,11,20H,10,19H2,(H,22,23). The second kappa shape index (κ2) is 5.70. The summed E-state index contributed by atoms with van der Waals surface area (Å²) < 4.78 is 0. The largest absolute Gasteiger partial charge is 0.480 e. The number of carboxylic acid groups (broad SMARTS) is 1. The van der Waals surface area contributed by atoms with Crippen LogP contribution in [0.15, 0.2) is 60.8 Å². The van der Waals surface area contributed by atoms with Crippen molar-refractivity contribution in [1.29, 1.82) is 0 Å². The van der Waals surface area contributed by atoms with Gasteiger partial charge in [-0.25, -0.2) is 4.79 Å². The molecule has 0 bridgehead atoms. The number of aromatic amines is 1. The summed E-state index contributed by atoms with van der Waals surface area (Å²) in [6, 6.07) is 15.8. The van der Waals surface area contributed by atoms with Crippen LogP contribution in [0, 0.1) is 0 Å². The number of carboxylic acids is 1. The number of fused-ring (bicyclic) bond motifs is 1. The van der Waals surface area contributed by atoms with Crippen molar-refractivity contribution in [2.45, 2.75) is 12.0 Å². The molecular weight excluding hydrogens is 292 g/mol. The van der Waals surface area contributed by atoms with E-state index in [9.17, 15) is 14.7 Å². The molecule has 1 heterocycles. The van der Waals surface area contributed by atoms with Gasteiger partial charge in [-0.1, -0.05) is 48.5 Å². The van der Waals surface area contributed by atoms with Gasteiger partial charge in [0.15, 0.2) is 11.3 Å². The highest BCUT2D eigenvalue weighted by Gasteiger charge is 2.43. The van der Waals surface area contributed by atoms with Crippen molar-refractivity contribution >= 4 is 22.7 Å². The molecule has 116 valence electrons. The van der Waals surface area contributed by atoms with Crippen molar-refractivity contribution in [2.24, 2.45) is 5.73 Å². The Labute approximate surface area is 132 Å². The molecule has 0 saturated heterocycles. The number of aromatic nitrogens is 1. The van der Waals surface area contributed by atoms with Crippen molar-refractivity contribution in [3.05, 3.63) is 71.9 Å². The van der Waals surface area contributed by atoms with Crippen LogP contribution in [-0.2, 0) is 11.2 Å². The Bertz CT molecular complexity index is 870. The molecule has 0 radical (unpaired) electrons. The van der Waals surface area contributed by atoms with Crippen LogP contribution in [0.4, 0.5) is 0 Å². The zero-order valence-electron chi connectivity index (χ0n) is 12.3. The first-order valence-electron chi connectivity index (χ1n) is 7.19. The molecule has 0 amide bonds. The van der Waals surface area contributed by atoms with Crippen LogP contribution in [0.3, 0.4) is 0 Å². The smallest absolute Gasteiger partial charge is 0.332 e. The first-order valence-corrected chi connectivity index (χ1v) is 7.19. The zero-order chi connectivity index (χ0) is 16.4. The molecule has 3 rings (SSSR count). The van der Waals surface area contributed by atoms with E-state index in [2.05, 4.69) is 4.98 Å². The fraction of sp³-hybridized carbons (Fsp3) is 0.111. The van der Waals surface area contributed by atoms with Gasteiger partial charge in [0.1, 0.15) is 0 Å². The monoisotopic (exact) mass is 308 g/mol. The number of carbonyl (C=O) groups excluding carboxylic acids is 1. The Morgan fingerprint density at radius 3 is 2.39 bits per heavy atom. The van der Waals surface area contributed by atoms with E-state index < -0.39 is 17.3 Å². The number of carbonyl (C=O) groups is 2. The third-order valence-electron chi connectivity index (χ3n) is 3.97. The van der Waals surface area contributed by atoms with E-state index in [1.807, 2.05) is 24.3 Å². The Morgan fingerprint density at radius 1 is 1.04 bits per heavy atom. The van der Waals surface area contributed by atoms with E-state index in [0.717, 1.165) is 10.9 Å². The number of ketones is 1. The molecule has 0 aliphatic heterocycles. The lowest BCUT2D eigenvalue weighted by atomic mass is 9.84. The van der Waals surface area contributed by atoms with Gasteiger partial charge in [0.05, 0.1) is 0 Å². The van der Waals surface area contributed by atoms with Crippen LogP contribution >= 0.6 is 0 Å². The summed E-state index contributed by atoms with van der Waals surface area (Å²) in [6.45, 7) is 0. The predicted octanol–water partition coefficient (Wildman–Crippen LogP) is 2.38. The SMILES string of the molecule is NC(Cc1c[nH]c2ccccc12)(C(=O)O)C(=O)c1ccccc1. The third kappa shape index (κ3) is 2.62. The van der Waals surface area contributed by atoms with Gasteiger partial charge in [-0.2, -0.15) is 0 Å². The minimum atomic E-state index is -2.01. The Morgan fingerprint density at radius 2 is 1.70 bits per heavy atom. The van der Waals surface area contributed by atoms with Gasteiger partial charge >= 0.3 is 5.97 Å². The summed E-state index contributed by atoms with van der Waals surface area (Å²) in [5, 5.41) is 10.4. The molecule has 1 unspecified atom stereocenters. The highest BCUT2D eigenvalue weighted by atomic mass is 16.4. The third-order valence-corrected chi connectivity index (χ3v) is 3.97. The number of hydrogen-bond acceptors (Lipinski definition) is 3. The first-order chi connectivity index (χ1) is 11.0. The number of rotatable bonds is 5. The lowest BCUT2D eigenvalue weighted by Gasteiger charge is -2.23. The number of benzene rings is 2. The van der Waals surface area contributed by atoms with Gasteiger partial charge in [0.2, 0.25) is 0 Å². The molecule has 1 atom stereocenters. The lowest BCUT2D eigenvalue weighted by Crippen LogP contribution is -2.56. The normalized spacial score (nSPS) is 13.6. The molecule has 0 fully saturated rings. The number of hydrogen-bond donors (Lipinski definition) is 3. The maximum Gasteiger partial charge on any atom is 0.332 e. The molecule has 0 spiro atoms. The summed E-state index contributed by atoms with van der Waals surface area (Å²) in [5.74, 6) is -1.94. The van der Waals surface area contributed by atoms with Gasteiger partial charge < -0.3 is 15.8 Å². The molecule has 0 aliphatic rings. The molecule has 2 aromatic carbocycles. The summed E-state index contributed by atoms with van der Waals surface area (Å²) in [4.78, 5) is 27.5. The molecule has 1 aromatic heterocycles. The van der Waals surface area contributed by atoms with Crippen LogP contribution in [-0.4, -0.2) is 27.4 Å². The molecule has 4 N–H and O–H groups in total. The van der Waals surface area contributed by atoms with Crippen LogP contribution < -0.4 is 5.73 Å². The fourth-order valence-corrected chi connectivity index (χ4v) is 2.68. The highest BCUT2D eigenvalue weighted by Crippen LogP contribution is 2.24. The Balaban J connectivity index is 2.02. The van der Waals surface area contributed by atoms with Crippen molar-refractivity contribution in [2.75, 3.05) is 0 Å². The van der Waals surface area contributed by atoms with Crippen molar-refractivity contribution in [3.8, 4) is 0 Å². The number of Topliss-reactive ketones (excluding diaryl/α,β-unsaturated/α-hetero) is 1. The molecule has 0 aliphatic carbocycles. The van der Waals surface area contributed by atoms with Gasteiger partial charge in [-0.15, -0.1) is 0 Å². The predicted molar refractivity (Wildman–Crippen MR) is 87.3 cm³/mol. The van der Waals surface area contributed by atoms with E-state index >= 15 is 0 Å². The number of nitrogens with one attached hydrogen (secondary N) is 1. The topological polar surface area (TPSA) is 96.2 Å². The Kier molecular flexibility index (Phi) is 3.72. The van der Waals surface area contributed by atoms with Gasteiger partial charge in [-0.3, -0.25) is 4.79 Å². The number of para-hydroxylation sites is 1. The summed E-state index contributed by atoms with van der Waals surface area (Å²) >= 11 is 0. The van der Waals surface area contributed by atoms with Crippen molar-refractivity contribution < 1.29 is 14.7 Å². The van der Waals surface area contributed by atoms with E-state index in [1.54, 1.807) is 36.5 Å². The zero-order valence-corrected chi connectivity index (χ0v) is 12.3. The van der Waals surface area contributed by atoms with E-state index in [-0.39, 0.29) is 12.0 Å². The summed E-state index contributed by atoms with van der Waals surface area (Å²) in [5.41, 5.74) is 5.90. The number of nitrogens with two attached hydrogens (primary N) is 1. The maximum atomic E-state index is 12.7. The molecule has 5 nitrogen and oxygen atoms in total. The first kappa shape index (κ1) is 15.0. The molecule has 3 aromatic rings. The molecule has 0 saturated carbocycles. The van der Waals surface area contributed by atoms with E-state index in [1.165, 1.54) is 0 Å². The van der Waals surface area contributed by atoms with E-state index in [0.29, 0.717) is 5.56 Å². The van der Waals surface area contributed by atoms with Crippen LogP contribution in [0.5, 0.6) is 0 Å². The van der Waals surface area contributed by atoms with Crippen molar-refractivity contribution in [1.82, 2.24) is 4.98 Å². The molecule has 23 heavy (non-hydrogen) atoms. The van der Waals surface area contributed by atoms with Gasteiger partial charge in [0.25, 0.3) is 0 Å². The molecule has 5 heteroatoms. The lowest BCUT2D eigenvalue weighted by molar-refractivity contribution is -0.141.